The Bertz CT molecular complexity index is 723. The van der Waals surface area contributed by atoms with Crippen molar-refractivity contribution in [3.05, 3.63) is 41.6 Å². The summed E-state index contributed by atoms with van der Waals surface area (Å²) in [7, 11) is -0.390. The van der Waals surface area contributed by atoms with E-state index in [1.54, 1.807) is 21.0 Å². The Balaban J connectivity index is 2.19. The number of nitrogens with two attached hydrogens (primary N) is 1. The molecule has 0 saturated heterocycles. The van der Waals surface area contributed by atoms with Crippen molar-refractivity contribution in [2.75, 3.05) is 19.3 Å². The molecule has 2 aromatic rings. The van der Waals surface area contributed by atoms with Gasteiger partial charge in [-0.25, -0.2) is 12.7 Å². The number of nitrogens with zero attached hydrogens (tertiary/aromatic N) is 3. The van der Waals surface area contributed by atoms with Crippen LogP contribution in [0.25, 0.3) is 0 Å². The maximum Gasteiger partial charge on any atom is 0.248 e. The molecule has 2 rings (SSSR count). The van der Waals surface area contributed by atoms with Crippen LogP contribution < -0.4 is 5.73 Å². The summed E-state index contributed by atoms with van der Waals surface area (Å²) in [4.78, 5) is 0.0977. The van der Waals surface area contributed by atoms with Crippen LogP contribution in [0.4, 0.5) is 5.82 Å². The van der Waals surface area contributed by atoms with E-state index in [4.69, 9.17) is 5.73 Å². The van der Waals surface area contributed by atoms with Crippen LogP contribution in [0.1, 0.15) is 11.3 Å². The van der Waals surface area contributed by atoms with E-state index in [0.717, 1.165) is 5.56 Å². The van der Waals surface area contributed by atoms with Crippen molar-refractivity contribution >= 4 is 15.8 Å². The van der Waals surface area contributed by atoms with Gasteiger partial charge in [0.15, 0.2) is 5.82 Å². The van der Waals surface area contributed by atoms with E-state index in [1.807, 2.05) is 30.3 Å². The quantitative estimate of drug-likeness (QED) is 0.899. The largest absolute Gasteiger partial charge is 0.381 e. The van der Waals surface area contributed by atoms with Gasteiger partial charge in [0.25, 0.3) is 0 Å². The lowest BCUT2D eigenvalue weighted by molar-refractivity contribution is 0.472. The summed E-state index contributed by atoms with van der Waals surface area (Å²) in [5.74, 6) is 0.0431. The van der Waals surface area contributed by atoms with Crippen LogP contribution in [-0.4, -0.2) is 36.1 Å². The molecule has 0 unspecified atom stereocenters. The Morgan fingerprint density at radius 1 is 1.29 bits per heavy atom. The predicted octanol–water partition coefficient (Wildman–Crippen LogP) is 1.17. The number of aryl methyl sites for hydroxylation is 1. The van der Waals surface area contributed by atoms with Gasteiger partial charge in [-0.2, -0.15) is 5.10 Å². The third kappa shape index (κ3) is 3.08. The highest BCUT2D eigenvalue weighted by atomic mass is 32.2. The van der Waals surface area contributed by atoms with Gasteiger partial charge < -0.3 is 5.73 Å². The van der Waals surface area contributed by atoms with Crippen molar-refractivity contribution in [3.8, 4) is 0 Å². The van der Waals surface area contributed by atoms with E-state index in [2.05, 4.69) is 5.10 Å². The highest BCUT2D eigenvalue weighted by Crippen LogP contribution is 2.24. The monoisotopic (exact) mass is 308 g/mol. The summed E-state index contributed by atoms with van der Waals surface area (Å²) >= 11 is 0. The number of benzene rings is 1. The topological polar surface area (TPSA) is 81.2 Å². The van der Waals surface area contributed by atoms with Crippen LogP contribution in [0.5, 0.6) is 0 Å². The van der Waals surface area contributed by atoms with E-state index in [-0.39, 0.29) is 10.7 Å². The Morgan fingerprint density at radius 3 is 2.43 bits per heavy atom. The van der Waals surface area contributed by atoms with Crippen LogP contribution in [0.15, 0.2) is 35.2 Å². The van der Waals surface area contributed by atoms with E-state index in [0.29, 0.717) is 18.7 Å². The van der Waals surface area contributed by atoms with E-state index in [9.17, 15) is 8.42 Å². The number of sulfonamides is 1. The fourth-order valence-corrected chi connectivity index (χ4v) is 3.59. The molecule has 0 fully saturated rings. The number of hydrogen-bond donors (Lipinski definition) is 1. The van der Waals surface area contributed by atoms with Crippen molar-refractivity contribution in [1.82, 2.24) is 14.1 Å². The van der Waals surface area contributed by atoms with Gasteiger partial charge in [-0.3, -0.25) is 4.68 Å². The van der Waals surface area contributed by atoms with Crippen molar-refractivity contribution < 1.29 is 8.42 Å². The fraction of sp³-hybridized carbons (Fsp3) is 0.357. The first-order valence-corrected chi connectivity index (χ1v) is 8.07. The molecule has 6 nitrogen and oxygen atoms in total. The number of rotatable bonds is 5. The Kier molecular flexibility index (Phi) is 4.34. The number of nitrogen functional groups attached to an aromatic ring is 1. The average Bonchev–Trinajstić information content (AvgIpc) is 2.71. The van der Waals surface area contributed by atoms with Gasteiger partial charge >= 0.3 is 0 Å². The summed E-state index contributed by atoms with van der Waals surface area (Å²) in [6.45, 7) is 2.08. The lowest BCUT2D eigenvalue weighted by atomic mass is 10.2. The maximum atomic E-state index is 12.6. The standard InChI is InChI=1S/C14H20N4O2S/c1-11-13(14(15)16-18(11)3)21(19,20)17(2)10-9-12-7-5-4-6-8-12/h4-8H,9-10H2,1-3H3,(H2,15,16). The molecule has 0 aliphatic carbocycles. The second-order valence-electron chi connectivity index (χ2n) is 4.99. The molecule has 1 aromatic carbocycles. The number of anilines is 1. The smallest absolute Gasteiger partial charge is 0.248 e. The Hall–Kier alpha value is -1.86. The SMILES string of the molecule is Cc1c(S(=O)(=O)N(C)CCc2ccccc2)c(N)nn1C. The molecule has 1 aromatic heterocycles. The molecule has 0 spiro atoms. The molecule has 114 valence electrons. The predicted molar refractivity (Wildman–Crippen MR) is 82.3 cm³/mol. The molecule has 1 heterocycles. The molecule has 21 heavy (non-hydrogen) atoms. The average molecular weight is 308 g/mol. The minimum atomic E-state index is -3.62. The second-order valence-corrected chi connectivity index (χ2v) is 6.97. The third-order valence-corrected chi connectivity index (χ3v) is 5.55. The summed E-state index contributed by atoms with van der Waals surface area (Å²) in [5, 5.41) is 3.97. The van der Waals surface area contributed by atoms with Gasteiger partial charge in [-0.1, -0.05) is 30.3 Å². The first-order valence-electron chi connectivity index (χ1n) is 6.63. The second kappa shape index (κ2) is 5.87. The molecule has 0 aliphatic rings. The van der Waals surface area contributed by atoms with Crippen molar-refractivity contribution in [3.63, 3.8) is 0 Å². The lowest BCUT2D eigenvalue weighted by Crippen LogP contribution is -2.29. The van der Waals surface area contributed by atoms with Crippen LogP contribution in [0, 0.1) is 6.92 Å². The summed E-state index contributed by atoms with van der Waals surface area (Å²) in [6.07, 6.45) is 0.649. The molecular weight excluding hydrogens is 288 g/mol. The highest BCUT2D eigenvalue weighted by molar-refractivity contribution is 7.89. The number of hydrogen-bond acceptors (Lipinski definition) is 4. The number of aromatic nitrogens is 2. The molecule has 0 amide bonds. The Labute approximate surface area is 125 Å². The third-order valence-electron chi connectivity index (χ3n) is 3.53. The first-order chi connectivity index (χ1) is 9.84. The van der Waals surface area contributed by atoms with Crippen molar-refractivity contribution in [2.45, 2.75) is 18.2 Å². The molecule has 0 aliphatic heterocycles. The summed E-state index contributed by atoms with van der Waals surface area (Å²) < 4.78 is 28.0. The molecule has 0 atom stereocenters. The summed E-state index contributed by atoms with van der Waals surface area (Å²) in [6, 6.07) is 9.76. The number of likely N-dealkylation sites (N-methyl/N-ethyl adjacent to an activating group) is 1. The van der Waals surface area contributed by atoms with Crippen LogP contribution in [-0.2, 0) is 23.5 Å². The van der Waals surface area contributed by atoms with Gasteiger partial charge in [-0.05, 0) is 18.9 Å². The zero-order valence-corrected chi connectivity index (χ0v) is 13.3. The van der Waals surface area contributed by atoms with Crippen LogP contribution in [0.2, 0.25) is 0 Å². The molecule has 0 bridgehead atoms. The van der Waals surface area contributed by atoms with Gasteiger partial charge in [0.2, 0.25) is 10.0 Å². The first kappa shape index (κ1) is 15.5. The van der Waals surface area contributed by atoms with Crippen molar-refractivity contribution in [2.24, 2.45) is 7.05 Å². The van der Waals surface area contributed by atoms with Crippen LogP contribution in [0.3, 0.4) is 0 Å². The van der Waals surface area contributed by atoms with E-state index in [1.165, 1.54) is 8.99 Å². The molecule has 0 radical (unpaired) electrons. The van der Waals surface area contributed by atoms with E-state index >= 15 is 0 Å². The molecule has 7 heteroatoms. The van der Waals surface area contributed by atoms with Gasteiger partial charge in [0.1, 0.15) is 4.90 Å². The highest BCUT2D eigenvalue weighted by Gasteiger charge is 2.28. The zero-order valence-electron chi connectivity index (χ0n) is 12.4. The maximum absolute atomic E-state index is 12.6. The molecule has 0 saturated carbocycles. The zero-order chi connectivity index (χ0) is 15.6. The Morgan fingerprint density at radius 2 is 1.90 bits per heavy atom. The van der Waals surface area contributed by atoms with Gasteiger partial charge in [0, 0.05) is 20.6 Å². The van der Waals surface area contributed by atoms with Gasteiger partial charge in [0.05, 0.1) is 5.69 Å². The van der Waals surface area contributed by atoms with Crippen molar-refractivity contribution in [1.29, 1.82) is 0 Å². The summed E-state index contributed by atoms with van der Waals surface area (Å²) in [5.41, 5.74) is 7.37. The minimum Gasteiger partial charge on any atom is -0.381 e. The van der Waals surface area contributed by atoms with Crippen LogP contribution >= 0.6 is 0 Å². The fourth-order valence-electron chi connectivity index (χ4n) is 2.14. The lowest BCUT2D eigenvalue weighted by Gasteiger charge is -2.17. The normalized spacial score (nSPS) is 12.0. The minimum absolute atomic E-state index is 0.0431. The molecule has 2 N–H and O–H groups in total. The molecular formula is C14H20N4O2S. The van der Waals surface area contributed by atoms with E-state index < -0.39 is 10.0 Å². The van der Waals surface area contributed by atoms with Gasteiger partial charge in [-0.15, -0.1) is 0 Å².